The molecule has 29 heavy (non-hydrogen) atoms. The lowest BCUT2D eigenvalue weighted by atomic mass is 9.95. The fourth-order valence-corrected chi connectivity index (χ4v) is 4.17. The maximum atomic E-state index is 10.3. The highest BCUT2D eigenvalue weighted by Crippen LogP contribution is 2.25. The van der Waals surface area contributed by atoms with Gasteiger partial charge in [-0.3, -0.25) is 0 Å². The molecule has 0 spiro atoms. The molecule has 0 saturated heterocycles. The maximum absolute atomic E-state index is 10.3. The molecule has 0 aliphatic rings. The van der Waals surface area contributed by atoms with Crippen molar-refractivity contribution < 1.29 is 5.11 Å². The third-order valence-corrected chi connectivity index (χ3v) is 5.96. The Labute approximate surface area is 179 Å². The molecular formula is C28H42O. The SMILES string of the molecule is CC(C)CCCCCc1cccc(O)c1CCCCCCCCc1ccccc1. The number of rotatable bonds is 15. The summed E-state index contributed by atoms with van der Waals surface area (Å²) in [5, 5.41) is 10.3. The summed E-state index contributed by atoms with van der Waals surface area (Å²) >= 11 is 0. The van der Waals surface area contributed by atoms with Gasteiger partial charge in [-0.15, -0.1) is 0 Å². The predicted molar refractivity (Wildman–Crippen MR) is 127 cm³/mol. The van der Waals surface area contributed by atoms with Gasteiger partial charge in [0, 0.05) is 0 Å². The van der Waals surface area contributed by atoms with Gasteiger partial charge in [0.25, 0.3) is 0 Å². The number of phenolic OH excluding ortho intramolecular Hbond substituents is 1. The predicted octanol–water partition coefficient (Wildman–Crippen LogP) is 8.28. The average Bonchev–Trinajstić information content (AvgIpc) is 2.71. The van der Waals surface area contributed by atoms with E-state index in [9.17, 15) is 5.11 Å². The second-order valence-corrected chi connectivity index (χ2v) is 9.01. The van der Waals surface area contributed by atoms with Crippen LogP contribution in [-0.2, 0) is 19.3 Å². The first-order chi connectivity index (χ1) is 14.2. The van der Waals surface area contributed by atoms with Crippen LogP contribution in [-0.4, -0.2) is 5.11 Å². The van der Waals surface area contributed by atoms with E-state index in [-0.39, 0.29) is 0 Å². The summed E-state index contributed by atoms with van der Waals surface area (Å²) in [6.45, 7) is 4.60. The zero-order valence-corrected chi connectivity index (χ0v) is 18.8. The minimum Gasteiger partial charge on any atom is -0.508 e. The summed E-state index contributed by atoms with van der Waals surface area (Å²) in [4.78, 5) is 0. The summed E-state index contributed by atoms with van der Waals surface area (Å²) in [5.41, 5.74) is 4.04. The van der Waals surface area contributed by atoms with Crippen molar-refractivity contribution in [1.82, 2.24) is 0 Å². The maximum Gasteiger partial charge on any atom is 0.119 e. The summed E-state index contributed by atoms with van der Waals surface area (Å²) < 4.78 is 0. The highest BCUT2D eigenvalue weighted by atomic mass is 16.3. The zero-order chi connectivity index (χ0) is 20.7. The highest BCUT2D eigenvalue weighted by Gasteiger charge is 2.08. The Kier molecular flexibility index (Phi) is 11.6. The van der Waals surface area contributed by atoms with Crippen LogP contribution in [0.15, 0.2) is 48.5 Å². The van der Waals surface area contributed by atoms with E-state index in [0.29, 0.717) is 5.75 Å². The van der Waals surface area contributed by atoms with Crippen LogP contribution in [0.25, 0.3) is 0 Å². The minimum absolute atomic E-state index is 0.507. The lowest BCUT2D eigenvalue weighted by Crippen LogP contribution is -1.97. The van der Waals surface area contributed by atoms with E-state index in [0.717, 1.165) is 18.8 Å². The topological polar surface area (TPSA) is 20.2 Å². The largest absolute Gasteiger partial charge is 0.508 e. The number of phenols is 1. The first-order valence-electron chi connectivity index (χ1n) is 12.0. The molecule has 0 saturated carbocycles. The van der Waals surface area contributed by atoms with Crippen LogP contribution in [0.1, 0.15) is 94.7 Å². The molecule has 0 aliphatic heterocycles. The fraction of sp³-hybridized carbons (Fsp3) is 0.571. The lowest BCUT2D eigenvalue weighted by molar-refractivity contribution is 0.464. The zero-order valence-electron chi connectivity index (χ0n) is 18.8. The number of hydrogen-bond acceptors (Lipinski definition) is 1. The van der Waals surface area contributed by atoms with Crippen molar-refractivity contribution in [3.05, 3.63) is 65.2 Å². The molecule has 0 atom stereocenters. The van der Waals surface area contributed by atoms with E-state index < -0.39 is 0 Å². The molecule has 0 aromatic heterocycles. The van der Waals surface area contributed by atoms with E-state index in [1.165, 1.54) is 87.3 Å². The Morgan fingerprint density at radius 3 is 1.97 bits per heavy atom. The summed E-state index contributed by atoms with van der Waals surface area (Å²) in [6, 6.07) is 16.9. The molecule has 0 radical (unpaired) electrons. The fourth-order valence-electron chi connectivity index (χ4n) is 4.17. The number of hydrogen-bond donors (Lipinski definition) is 1. The Morgan fingerprint density at radius 1 is 0.621 bits per heavy atom. The standard InChI is InChI=1S/C28H42O/c1-24(2)16-9-7-13-20-26-21-15-23-28(29)27(26)22-14-6-4-3-5-10-17-25-18-11-8-12-19-25/h8,11-12,15,18-19,21,23-24,29H,3-7,9-10,13-14,16-17,20,22H2,1-2H3. The number of benzene rings is 2. The van der Waals surface area contributed by atoms with E-state index in [2.05, 4.69) is 50.2 Å². The van der Waals surface area contributed by atoms with Crippen molar-refractivity contribution >= 4 is 0 Å². The quantitative estimate of drug-likeness (QED) is 0.301. The molecular weight excluding hydrogens is 352 g/mol. The van der Waals surface area contributed by atoms with Gasteiger partial charge in [-0.25, -0.2) is 0 Å². The van der Waals surface area contributed by atoms with Crippen LogP contribution in [0.3, 0.4) is 0 Å². The van der Waals surface area contributed by atoms with Crippen LogP contribution < -0.4 is 0 Å². The second-order valence-electron chi connectivity index (χ2n) is 9.01. The van der Waals surface area contributed by atoms with Gasteiger partial charge in [0.05, 0.1) is 0 Å². The van der Waals surface area contributed by atoms with E-state index >= 15 is 0 Å². The monoisotopic (exact) mass is 394 g/mol. The van der Waals surface area contributed by atoms with Crippen molar-refractivity contribution in [3.63, 3.8) is 0 Å². The third kappa shape index (κ3) is 10.0. The van der Waals surface area contributed by atoms with Crippen LogP contribution >= 0.6 is 0 Å². The van der Waals surface area contributed by atoms with Gasteiger partial charge in [0.1, 0.15) is 5.75 Å². The van der Waals surface area contributed by atoms with Gasteiger partial charge >= 0.3 is 0 Å². The van der Waals surface area contributed by atoms with E-state index in [4.69, 9.17) is 0 Å². The van der Waals surface area contributed by atoms with Gasteiger partial charge in [0.2, 0.25) is 0 Å². The van der Waals surface area contributed by atoms with Crippen molar-refractivity contribution in [2.24, 2.45) is 5.92 Å². The molecule has 0 aliphatic carbocycles. The molecule has 0 unspecified atom stereocenters. The first kappa shape index (κ1) is 23.5. The van der Waals surface area contributed by atoms with E-state index in [1.807, 2.05) is 12.1 Å². The molecule has 1 nitrogen and oxygen atoms in total. The molecule has 160 valence electrons. The Balaban J connectivity index is 1.60. The first-order valence-corrected chi connectivity index (χ1v) is 12.0. The highest BCUT2D eigenvalue weighted by molar-refractivity contribution is 5.39. The summed E-state index contributed by atoms with van der Waals surface area (Å²) in [7, 11) is 0. The number of aromatic hydroxyl groups is 1. The average molecular weight is 395 g/mol. The van der Waals surface area contributed by atoms with Crippen molar-refractivity contribution in [2.75, 3.05) is 0 Å². The Hall–Kier alpha value is -1.76. The number of aryl methyl sites for hydroxylation is 2. The van der Waals surface area contributed by atoms with Crippen LogP contribution in [0.2, 0.25) is 0 Å². The van der Waals surface area contributed by atoms with Crippen molar-refractivity contribution in [3.8, 4) is 5.75 Å². The minimum atomic E-state index is 0.507. The number of unbranched alkanes of at least 4 members (excludes halogenated alkanes) is 7. The molecule has 0 amide bonds. The third-order valence-electron chi connectivity index (χ3n) is 5.96. The Bertz CT molecular complexity index is 659. The van der Waals surface area contributed by atoms with Gasteiger partial charge < -0.3 is 5.11 Å². The molecule has 1 heteroatoms. The van der Waals surface area contributed by atoms with Gasteiger partial charge in [-0.1, -0.05) is 101 Å². The van der Waals surface area contributed by atoms with Gasteiger partial charge in [-0.05, 0) is 67.2 Å². The van der Waals surface area contributed by atoms with Crippen molar-refractivity contribution in [2.45, 2.75) is 97.3 Å². The summed E-state index contributed by atoms with van der Waals surface area (Å²) in [5.74, 6) is 1.32. The molecule has 2 aromatic carbocycles. The van der Waals surface area contributed by atoms with Gasteiger partial charge in [-0.2, -0.15) is 0 Å². The molecule has 0 fully saturated rings. The molecule has 0 bridgehead atoms. The molecule has 1 N–H and O–H groups in total. The smallest absolute Gasteiger partial charge is 0.119 e. The summed E-state index contributed by atoms with van der Waals surface area (Å²) in [6.07, 6.45) is 16.3. The normalized spacial score (nSPS) is 11.3. The van der Waals surface area contributed by atoms with Crippen molar-refractivity contribution in [1.29, 1.82) is 0 Å². The molecule has 2 aromatic rings. The second kappa shape index (κ2) is 14.3. The lowest BCUT2D eigenvalue weighted by Gasteiger charge is -2.12. The van der Waals surface area contributed by atoms with Crippen LogP contribution in [0, 0.1) is 5.92 Å². The van der Waals surface area contributed by atoms with Crippen LogP contribution in [0.4, 0.5) is 0 Å². The van der Waals surface area contributed by atoms with Crippen LogP contribution in [0.5, 0.6) is 5.75 Å². The molecule has 2 rings (SSSR count). The van der Waals surface area contributed by atoms with E-state index in [1.54, 1.807) is 0 Å². The Morgan fingerprint density at radius 2 is 1.24 bits per heavy atom. The molecule has 0 heterocycles. The van der Waals surface area contributed by atoms with Gasteiger partial charge in [0.15, 0.2) is 0 Å².